The van der Waals surface area contributed by atoms with Crippen LogP contribution in [0.2, 0.25) is 0 Å². The van der Waals surface area contributed by atoms with Crippen LogP contribution < -0.4 is 5.73 Å². The van der Waals surface area contributed by atoms with E-state index < -0.39 is 11.6 Å². The first-order valence-electron chi connectivity index (χ1n) is 6.56. The molecule has 5 nitrogen and oxygen atoms in total. The highest BCUT2D eigenvalue weighted by Crippen LogP contribution is 2.19. The number of fused-ring (bicyclic) bond motifs is 1. The molecule has 0 aliphatic heterocycles. The van der Waals surface area contributed by atoms with Crippen molar-refractivity contribution in [2.45, 2.75) is 6.42 Å². The number of hydrogen-bond acceptors (Lipinski definition) is 3. The van der Waals surface area contributed by atoms with Crippen molar-refractivity contribution in [1.82, 2.24) is 14.5 Å². The monoisotopic (exact) mass is 301 g/mol. The molecule has 1 aromatic carbocycles. The van der Waals surface area contributed by atoms with Crippen LogP contribution in [-0.4, -0.2) is 20.4 Å². The average molecular weight is 301 g/mol. The molecule has 3 aromatic rings. The van der Waals surface area contributed by atoms with Crippen molar-refractivity contribution in [2.24, 2.45) is 12.8 Å². The summed E-state index contributed by atoms with van der Waals surface area (Å²) in [4.78, 5) is 8.57. The third-order valence-electron chi connectivity index (χ3n) is 3.41. The number of amidine groups is 1. The molecule has 0 atom stereocenters. The van der Waals surface area contributed by atoms with E-state index in [1.54, 1.807) is 23.9 Å². The summed E-state index contributed by atoms with van der Waals surface area (Å²) in [7, 11) is 1.80. The highest BCUT2D eigenvalue weighted by Gasteiger charge is 2.15. The molecule has 22 heavy (non-hydrogen) atoms. The maximum absolute atomic E-state index is 13.8. The maximum atomic E-state index is 13.8. The number of nitrogens with zero attached hydrogens (tertiary/aromatic N) is 3. The molecular weight excluding hydrogens is 288 g/mol. The van der Waals surface area contributed by atoms with Gasteiger partial charge in [0.2, 0.25) is 0 Å². The summed E-state index contributed by atoms with van der Waals surface area (Å²) in [6.07, 6.45) is 1.79. The van der Waals surface area contributed by atoms with E-state index in [4.69, 9.17) is 11.1 Å². The second-order valence-corrected chi connectivity index (χ2v) is 4.96. The summed E-state index contributed by atoms with van der Waals surface area (Å²) >= 11 is 0. The Balaban J connectivity index is 2.13. The summed E-state index contributed by atoms with van der Waals surface area (Å²) in [5.74, 6) is -1.74. The van der Waals surface area contributed by atoms with Crippen molar-refractivity contribution >= 4 is 16.9 Å². The normalized spacial score (nSPS) is 11.0. The molecular formula is C15H13F2N5. The van der Waals surface area contributed by atoms with Gasteiger partial charge in [-0.1, -0.05) is 12.1 Å². The van der Waals surface area contributed by atoms with E-state index in [1.807, 2.05) is 0 Å². The molecule has 0 aliphatic carbocycles. The molecule has 7 heteroatoms. The van der Waals surface area contributed by atoms with Crippen molar-refractivity contribution in [1.29, 1.82) is 5.41 Å². The fraction of sp³-hybridized carbons (Fsp3) is 0.133. The van der Waals surface area contributed by atoms with Crippen LogP contribution in [0.15, 0.2) is 30.5 Å². The molecule has 0 bridgehead atoms. The van der Waals surface area contributed by atoms with Crippen LogP contribution in [0.4, 0.5) is 8.78 Å². The van der Waals surface area contributed by atoms with Crippen molar-refractivity contribution in [3.8, 4) is 0 Å². The topological polar surface area (TPSA) is 80.6 Å². The van der Waals surface area contributed by atoms with Gasteiger partial charge in [-0.2, -0.15) is 0 Å². The smallest absolute Gasteiger partial charge is 0.162 e. The van der Waals surface area contributed by atoms with Gasteiger partial charge in [-0.3, -0.25) is 5.41 Å². The minimum atomic E-state index is -0.914. The summed E-state index contributed by atoms with van der Waals surface area (Å²) in [5.41, 5.74) is 6.59. The molecule has 3 N–H and O–H groups in total. The van der Waals surface area contributed by atoms with E-state index in [0.29, 0.717) is 11.0 Å². The lowest BCUT2D eigenvalue weighted by Gasteiger charge is -2.07. The number of nitrogen functional groups attached to an aromatic ring is 1. The first-order chi connectivity index (χ1) is 10.5. The Morgan fingerprint density at radius 1 is 1.27 bits per heavy atom. The zero-order valence-electron chi connectivity index (χ0n) is 11.8. The quantitative estimate of drug-likeness (QED) is 0.574. The van der Waals surface area contributed by atoms with Crippen molar-refractivity contribution < 1.29 is 8.78 Å². The third-order valence-corrected chi connectivity index (χ3v) is 3.41. The maximum Gasteiger partial charge on any atom is 0.162 e. The van der Waals surface area contributed by atoms with Crippen LogP contribution in [0.25, 0.3) is 11.0 Å². The number of rotatable bonds is 3. The molecule has 0 amide bonds. The Morgan fingerprint density at radius 3 is 2.77 bits per heavy atom. The largest absolute Gasteiger partial charge is 0.382 e. The highest BCUT2D eigenvalue weighted by atomic mass is 19.2. The van der Waals surface area contributed by atoms with E-state index in [2.05, 4.69) is 9.97 Å². The predicted octanol–water partition coefficient (Wildman–Crippen LogP) is 2.12. The predicted molar refractivity (Wildman–Crippen MR) is 78.7 cm³/mol. The van der Waals surface area contributed by atoms with Crippen LogP contribution in [0, 0.1) is 17.0 Å². The van der Waals surface area contributed by atoms with Gasteiger partial charge >= 0.3 is 0 Å². The summed E-state index contributed by atoms with van der Waals surface area (Å²) in [5, 5.41) is 8.27. The molecule has 0 aliphatic rings. The molecule has 0 spiro atoms. The lowest BCUT2D eigenvalue weighted by Crippen LogP contribution is -2.16. The fourth-order valence-corrected chi connectivity index (χ4v) is 2.32. The Kier molecular flexibility index (Phi) is 3.32. The summed E-state index contributed by atoms with van der Waals surface area (Å²) in [6.45, 7) is 0. The van der Waals surface area contributed by atoms with Gasteiger partial charge in [-0.05, 0) is 17.7 Å². The molecule has 2 aromatic heterocycles. The minimum Gasteiger partial charge on any atom is -0.382 e. The Labute approximate surface area is 124 Å². The van der Waals surface area contributed by atoms with Gasteiger partial charge < -0.3 is 10.3 Å². The Bertz CT molecular complexity index is 885. The van der Waals surface area contributed by atoms with Gasteiger partial charge in [0.1, 0.15) is 23.0 Å². The van der Waals surface area contributed by atoms with Crippen molar-refractivity contribution in [3.63, 3.8) is 0 Å². The second kappa shape index (κ2) is 5.18. The van der Waals surface area contributed by atoms with Gasteiger partial charge in [0.15, 0.2) is 11.6 Å². The van der Waals surface area contributed by atoms with Crippen LogP contribution in [0.1, 0.15) is 17.1 Å². The number of benzene rings is 1. The van der Waals surface area contributed by atoms with Gasteiger partial charge in [-0.25, -0.2) is 18.7 Å². The number of hydrogen-bond donors (Lipinski definition) is 2. The number of nitrogens with one attached hydrogen (secondary N) is 1. The van der Waals surface area contributed by atoms with Crippen LogP contribution >= 0.6 is 0 Å². The van der Waals surface area contributed by atoms with E-state index >= 15 is 0 Å². The van der Waals surface area contributed by atoms with Crippen LogP contribution in [0.5, 0.6) is 0 Å². The number of aromatic nitrogens is 3. The van der Waals surface area contributed by atoms with E-state index in [0.717, 1.165) is 6.07 Å². The molecule has 0 fully saturated rings. The van der Waals surface area contributed by atoms with E-state index in [1.165, 1.54) is 12.1 Å². The Hall–Kier alpha value is -2.83. The fourth-order valence-electron chi connectivity index (χ4n) is 2.32. The SMILES string of the molecule is Cn1ccc2c(C(=N)N)nc(Cc3cccc(F)c3F)nc21. The number of halogens is 2. The average Bonchev–Trinajstić information content (AvgIpc) is 2.85. The van der Waals surface area contributed by atoms with Gasteiger partial charge in [0, 0.05) is 25.1 Å². The molecule has 0 radical (unpaired) electrons. The zero-order valence-corrected chi connectivity index (χ0v) is 11.8. The lowest BCUT2D eigenvalue weighted by molar-refractivity contribution is 0.500. The molecule has 0 saturated heterocycles. The molecule has 0 unspecified atom stereocenters. The highest BCUT2D eigenvalue weighted by molar-refractivity contribution is 6.04. The van der Waals surface area contributed by atoms with Gasteiger partial charge in [0.25, 0.3) is 0 Å². The minimum absolute atomic E-state index is 0.0188. The summed E-state index contributed by atoms with van der Waals surface area (Å²) in [6, 6.07) is 5.73. The first kappa shape index (κ1) is 14.1. The van der Waals surface area contributed by atoms with Crippen molar-refractivity contribution in [3.05, 3.63) is 59.2 Å². The first-order valence-corrected chi connectivity index (χ1v) is 6.56. The van der Waals surface area contributed by atoms with Crippen molar-refractivity contribution in [2.75, 3.05) is 0 Å². The van der Waals surface area contributed by atoms with Gasteiger partial charge in [-0.15, -0.1) is 0 Å². The van der Waals surface area contributed by atoms with Gasteiger partial charge in [0.05, 0.1) is 0 Å². The second-order valence-electron chi connectivity index (χ2n) is 4.96. The molecule has 2 heterocycles. The van der Waals surface area contributed by atoms with E-state index in [-0.39, 0.29) is 29.3 Å². The standard InChI is InChI=1S/C15H13F2N5/c1-22-6-5-9-13(14(18)19)20-11(21-15(9)22)7-8-3-2-4-10(16)12(8)17/h2-6H,7H2,1H3,(H3,18,19). The molecule has 112 valence electrons. The van der Waals surface area contributed by atoms with Crippen LogP contribution in [0.3, 0.4) is 0 Å². The summed E-state index contributed by atoms with van der Waals surface area (Å²) < 4.78 is 28.8. The zero-order chi connectivity index (χ0) is 15.9. The Morgan fingerprint density at radius 2 is 2.05 bits per heavy atom. The van der Waals surface area contributed by atoms with E-state index in [9.17, 15) is 8.78 Å². The third kappa shape index (κ3) is 2.30. The molecule has 0 saturated carbocycles. The van der Waals surface area contributed by atoms with Crippen LogP contribution in [-0.2, 0) is 13.5 Å². The molecule has 3 rings (SSSR count). The number of nitrogens with two attached hydrogens (primary N) is 1. The number of aryl methyl sites for hydroxylation is 1. The lowest BCUT2D eigenvalue weighted by atomic mass is 10.1.